The van der Waals surface area contributed by atoms with Gasteiger partial charge in [0.05, 0.1) is 23.6 Å². The number of benzene rings is 1. The molecule has 0 aliphatic rings. The summed E-state index contributed by atoms with van der Waals surface area (Å²) in [5, 5.41) is 11.9. The third kappa shape index (κ3) is 3.94. The largest absolute Gasteiger partial charge is 0.342 e. The van der Waals surface area contributed by atoms with Crippen LogP contribution >= 0.6 is 11.6 Å². The zero-order valence-corrected chi connectivity index (χ0v) is 14.5. The summed E-state index contributed by atoms with van der Waals surface area (Å²) < 4.78 is 0. The summed E-state index contributed by atoms with van der Waals surface area (Å²) in [6.07, 6.45) is 6.16. The smallest absolute Gasteiger partial charge is 0.256 e. The number of halogens is 1. The Labute approximate surface area is 154 Å². The van der Waals surface area contributed by atoms with Gasteiger partial charge in [0.2, 0.25) is 0 Å². The number of amides is 1. The molecule has 1 N–H and O–H groups in total. The number of hydrogen-bond donors (Lipinski definition) is 1. The average molecular weight is 365 g/mol. The number of nitriles is 1. The van der Waals surface area contributed by atoms with Gasteiger partial charge in [0.1, 0.15) is 18.2 Å². The van der Waals surface area contributed by atoms with Gasteiger partial charge in [-0.1, -0.05) is 11.6 Å². The van der Waals surface area contributed by atoms with Crippen LogP contribution in [0.5, 0.6) is 0 Å². The highest BCUT2D eigenvalue weighted by Crippen LogP contribution is 2.27. The van der Waals surface area contributed by atoms with Gasteiger partial charge in [0, 0.05) is 29.5 Å². The molecule has 2 aromatic heterocycles. The summed E-state index contributed by atoms with van der Waals surface area (Å²) in [6, 6.07) is 10.1. The molecule has 0 saturated carbocycles. The highest BCUT2D eigenvalue weighted by Gasteiger charge is 2.12. The van der Waals surface area contributed by atoms with Gasteiger partial charge < -0.3 is 10.2 Å². The predicted molar refractivity (Wildman–Crippen MR) is 98.5 cm³/mol. The van der Waals surface area contributed by atoms with E-state index in [0.717, 1.165) is 5.69 Å². The van der Waals surface area contributed by atoms with Crippen molar-refractivity contribution in [2.45, 2.75) is 0 Å². The maximum absolute atomic E-state index is 12.5. The molecule has 3 rings (SSSR count). The summed E-state index contributed by atoms with van der Waals surface area (Å²) in [5.74, 6) is -0.0102. The second-order valence-electron chi connectivity index (χ2n) is 5.35. The lowest BCUT2D eigenvalue weighted by molar-refractivity contribution is 0.102. The molecule has 1 amide bonds. The molecule has 0 bridgehead atoms. The van der Waals surface area contributed by atoms with Crippen LogP contribution in [0.3, 0.4) is 0 Å². The number of hydrogen-bond acceptors (Lipinski definition) is 6. The van der Waals surface area contributed by atoms with E-state index in [1.807, 2.05) is 18.0 Å². The first-order valence-corrected chi connectivity index (χ1v) is 7.91. The fourth-order valence-corrected chi connectivity index (χ4v) is 2.46. The fraction of sp³-hybridized carbons (Fsp3) is 0.0556. The average Bonchev–Trinajstić information content (AvgIpc) is 2.68. The van der Waals surface area contributed by atoms with E-state index in [1.54, 1.807) is 42.7 Å². The van der Waals surface area contributed by atoms with Gasteiger partial charge in [-0.3, -0.25) is 4.79 Å². The maximum atomic E-state index is 12.5. The Morgan fingerprint density at radius 3 is 2.58 bits per heavy atom. The molecular weight excluding hydrogens is 352 g/mol. The van der Waals surface area contributed by atoms with Crippen molar-refractivity contribution in [1.29, 1.82) is 5.26 Å². The molecular formula is C18H13ClN6O. The van der Waals surface area contributed by atoms with Gasteiger partial charge in [0.15, 0.2) is 0 Å². The van der Waals surface area contributed by atoms with Crippen molar-refractivity contribution in [3.63, 3.8) is 0 Å². The van der Waals surface area contributed by atoms with Gasteiger partial charge in [-0.15, -0.1) is 0 Å². The van der Waals surface area contributed by atoms with Crippen LogP contribution < -0.4 is 10.2 Å². The molecule has 0 spiro atoms. The SMILES string of the molecule is CN(c1cncnc1)c1cc(Cl)cc(C(=O)Nc2ccc(C#N)cn2)c1. The maximum Gasteiger partial charge on any atom is 0.256 e. The minimum atomic E-state index is -0.358. The zero-order valence-electron chi connectivity index (χ0n) is 13.7. The molecule has 0 aliphatic carbocycles. The van der Waals surface area contributed by atoms with Crippen molar-refractivity contribution >= 4 is 34.7 Å². The van der Waals surface area contributed by atoms with Crippen LogP contribution in [-0.4, -0.2) is 27.9 Å². The molecule has 0 atom stereocenters. The van der Waals surface area contributed by atoms with Crippen LogP contribution in [0.4, 0.5) is 17.2 Å². The summed E-state index contributed by atoms with van der Waals surface area (Å²) in [4.78, 5) is 26.3. The van der Waals surface area contributed by atoms with Gasteiger partial charge in [-0.2, -0.15) is 5.26 Å². The van der Waals surface area contributed by atoms with Crippen LogP contribution in [0.2, 0.25) is 5.02 Å². The Morgan fingerprint density at radius 1 is 1.15 bits per heavy atom. The normalized spacial score (nSPS) is 10.0. The standard InChI is InChI=1S/C18H13ClN6O/c1-25(16-9-21-11-22-10-16)15-5-13(4-14(19)6-15)18(26)24-17-3-2-12(7-20)8-23-17/h2-6,8-11H,1H3,(H,23,24,26). The molecule has 0 unspecified atom stereocenters. The van der Waals surface area contributed by atoms with Crippen LogP contribution in [0.15, 0.2) is 55.2 Å². The molecule has 128 valence electrons. The Kier molecular flexibility index (Phi) is 5.06. The van der Waals surface area contributed by atoms with E-state index in [9.17, 15) is 4.79 Å². The molecule has 26 heavy (non-hydrogen) atoms. The number of nitrogens with zero attached hydrogens (tertiary/aromatic N) is 5. The number of nitrogens with one attached hydrogen (secondary N) is 1. The number of pyridine rings is 1. The molecule has 2 heterocycles. The molecule has 1 aromatic carbocycles. The van der Waals surface area contributed by atoms with E-state index in [2.05, 4.69) is 20.3 Å². The first kappa shape index (κ1) is 17.3. The number of carbonyl (C=O) groups is 1. The third-order valence-corrected chi connectivity index (χ3v) is 3.82. The van der Waals surface area contributed by atoms with E-state index >= 15 is 0 Å². The molecule has 8 heteroatoms. The number of rotatable bonds is 4. The molecule has 3 aromatic rings. The Hall–Kier alpha value is -3.50. The predicted octanol–water partition coefficient (Wildman–Crippen LogP) is 3.42. The number of carbonyl (C=O) groups excluding carboxylic acids is 1. The van der Waals surface area contributed by atoms with E-state index in [1.165, 1.54) is 12.5 Å². The second-order valence-corrected chi connectivity index (χ2v) is 5.79. The Balaban J connectivity index is 1.84. The minimum Gasteiger partial charge on any atom is -0.342 e. The molecule has 0 aliphatic heterocycles. The lowest BCUT2D eigenvalue weighted by Crippen LogP contribution is -2.15. The number of anilines is 3. The zero-order chi connectivity index (χ0) is 18.5. The lowest BCUT2D eigenvalue weighted by Gasteiger charge is -2.19. The lowest BCUT2D eigenvalue weighted by atomic mass is 10.1. The Morgan fingerprint density at radius 2 is 1.92 bits per heavy atom. The summed E-state index contributed by atoms with van der Waals surface area (Å²) in [7, 11) is 1.83. The summed E-state index contributed by atoms with van der Waals surface area (Å²) >= 11 is 6.18. The molecule has 0 saturated heterocycles. The summed E-state index contributed by atoms with van der Waals surface area (Å²) in [5.41, 5.74) is 2.27. The first-order chi connectivity index (χ1) is 12.6. The first-order valence-electron chi connectivity index (χ1n) is 7.53. The third-order valence-electron chi connectivity index (χ3n) is 3.60. The van der Waals surface area contributed by atoms with E-state index in [4.69, 9.17) is 16.9 Å². The van der Waals surface area contributed by atoms with Gasteiger partial charge in [-0.05, 0) is 30.3 Å². The van der Waals surface area contributed by atoms with Crippen molar-refractivity contribution < 1.29 is 4.79 Å². The van der Waals surface area contributed by atoms with E-state index < -0.39 is 0 Å². The van der Waals surface area contributed by atoms with Gasteiger partial charge >= 0.3 is 0 Å². The topological polar surface area (TPSA) is 94.8 Å². The molecule has 7 nitrogen and oxygen atoms in total. The van der Waals surface area contributed by atoms with E-state index in [-0.39, 0.29) is 5.91 Å². The van der Waals surface area contributed by atoms with Crippen molar-refractivity contribution in [2.75, 3.05) is 17.3 Å². The fourth-order valence-electron chi connectivity index (χ4n) is 2.23. The Bertz CT molecular complexity index is 969. The van der Waals surface area contributed by atoms with Crippen molar-refractivity contribution in [1.82, 2.24) is 15.0 Å². The summed E-state index contributed by atoms with van der Waals surface area (Å²) in [6.45, 7) is 0. The van der Waals surface area contributed by atoms with Crippen molar-refractivity contribution in [3.8, 4) is 6.07 Å². The minimum absolute atomic E-state index is 0.348. The quantitative estimate of drug-likeness (QED) is 0.762. The molecule has 0 radical (unpaired) electrons. The van der Waals surface area contributed by atoms with Crippen LogP contribution in [0.1, 0.15) is 15.9 Å². The second kappa shape index (κ2) is 7.59. The monoisotopic (exact) mass is 364 g/mol. The highest BCUT2D eigenvalue weighted by molar-refractivity contribution is 6.31. The molecule has 0 fully saturated rings. The number of aromatic nitrogens is 3. The van der Waals surface area contributed by atoms with E-state index in [0.29, 0.717) is 27.7 Å². The van der Waals surface area contributed by atoms with Crippen molar-refractivity contribution in [3.05, 3.63) is 71.4 Å². The van der Waals surface area contributed by atoms with Gasteiger partial charge in [0.25, 0.3) is 5.91 Å². The van der Waals surface area contributed by atoms with Crippen LogP contribution in [0.25, 0.3) is 0 Å². The van der Waals surface area contributed by atoms with Crippen LogP contribution in [-0.2, 0) is 0 Å². The van der Waals surface area contributed by atoms with Gasteiger partial charge in [-0.25, -0.2) is 15.0 Å². The van der Waals surface area contributed by atoms with Crippen LogP contribution in [0, 0.1) is 11.3 Å². The van der Waals surface area contributed by atoms with Crippen molar-refractivity contribution in [2.24, 2.45) is 0 Å². The highest BCUT2D eigenvalue weighted by atomic mass is 35.5.